The molecule has 4 nitrogen and oxygen atoms in total. The lowest BCUT2D eigenvalue weighted by Gasteiger charge is -1.95. The molecule has 0 spiro atoms. The number of oxazole rings is 1. The zero-order chi connectivity index (χ0) is 9.26. The summed E-state index contributed by atoms with van der Waals surface area (Å²) in [5.41, 5.74) is 7.23. The van der Waals surface area contributed by atoms with E-state index >= 15 is 0 Å². The molecule has 13 heavy (non-hydrogen) atoms. The summed E-state index contributed by atoms with van der Waals surface area (Å²) >= 11 is 0. The van der Waals surface area contributed by atoms with Gasteiger partial charge in [-0.3, -0.25) is 0 Å². The fourth-order valence-electron chi connectivity index (χ4n) is 1.20. The molecule has 68 valence electrons. The fraction of sp³-hybridized carbons (Fsp3) is 0.222. The van der Waals surface area contributed by atoms with Crippen molar-refractivity contribution >= 4 is 0 Å². The molecule has 2 heterocycles. The quantitative estimate of drug-likeness (QED) is 0.760. The maximum absolute atomic E-state index is 5.49. The van der Waals surface area contributed by atoms with E-state index in [1.165, 1.54) is 6.39 Å². The molecule has 0 unspecified atom stereocenters. The van der Waals surface area contributed by atoms with Crippen LogP contribution >= 0.6 is 0 Å². The van der Waals surface area contributed by atoms with Gasteiger partial charge < -0.3 is 14.6 Å². The molecule has 2 rings (SSSR count). The summed E-state index contributed by atoms with van der Waals surface area (Å²) < 4.78 is 10.5. The second kappa shape index (κ2) is 3.06. The number of rotatable bonds is 2. The van der Waals surface area contributed by atoms with Crippen molar-refractivity contribution in [2.75, 3.05) is 0 Å². The summed E-state index contributed by atoms with van der Waals surface area (Å²) in [7, 11) is 0. The fourth-order valence-corrected chi connectivity index (χ4v) is 1.20. The van der Waals surface area contributed by atoms with Crippen molar-refractivity contribution < 1.29 is 8.83 Å². The maximum Gasteiger partial charge on any atom is 0.194 e. The van der Waals surface area contributed by atoms with E-state index in [9.17, 15) is 0 Å². The van der Waals surface area contributed by atoms with Gasteiger partial charge in [-0.1, -0.05) is 0 Å². The van der Waals surface area contributed by atoms with E-state index in [2.05, 4.69) is 4.98 Å². The molecule has 0 bridgehead atoms. The third-order valence-corrected chi connectivity index (χ3v) is 1.90. The second-order valence-electron chi connectivity index (χ2n) is 2.77. The molecule has 0 radical (unpaired) electrons. The number of nitrogens with zero attached hydrogens (tertiary/aromatic N) is 1. The highest BCUT2D eigenvalue weighted by Gasteiger charge is 2.14. The van der Waals surface area contributed by atoms with Crippen LogP contribution in [0.25, 0.3) is 11.5 Å². The molecule has 0 fully saturated rings. The van der Waals surface area contributed by atoms with Crippen LogP contribution in [-0.2, 0) is 6.54 Å². The van der Waals surface area contributed by atoms with E-state index in [1.54, 1.807) is 6.26 Å². The minimum Gasteiger partial charge on any atom is -0.461 e. The summed E-state index contributed by atoms with van der Waals surface area (Å²) in [5, 5.41) is 0. The van der Waals surface area contributed by atoms with E-state index in [0.717, 1.165) is 11.3 Å². The van der Waals surface area contributed by atoms with E-state index in [4.69, 9.17) is 14.6 Å². The lowest BCUT2D eigenvalue weighted by atomic mass is 10.2. The molecule has 4 heteroatoms. The van der Waals surface area contributed by atoms with Gasteiger partial charge in [0, 0.05) is 6.54 Å². The van der Waals surface area contributed by atoms with Crippen LogP contribution in [0.15, 0.2) is 27.6 Å². The van der Waals surface area contributed by atoms with Gasteiger partial charge in [-0.05, 0) is 18.6 Å². The molecule has 0 aliphatic rings. The highest BCUT2D eigenvalue weighted by atomic mass is 16.4. The first kappa shape index (κ1) is 8.07. The van der Waals surface area contributed by atoms with Crippen LogP contribution in [-0.4, -0.2) is 4.98 Å². The molecule has 0 saturated heterocycles. The topological polar surface area (TPSA) is 65.2 Å². The average Bonchev–Trinajstić information content (AvgIpc) is 2.71. The Hall–Kier alpha value is -1.55. The Kier molecular flexibility index (Phi) is 1.90. The Balaban J connectivity index is 2.52. The molecule has 0 amide bonds. The summed E-state index contributed by atoms with van der Waals surface area (Å²) in [6.45, 7) is 2.30. The molecule has 0 aliphatic heterocycles. The highest BCUT2D eigenvalue weighted by Crippen LogP contribution is 2.26. The van der Waals surface area contributed by atoms with Crippen molar-refractivity contribution in [3.8, 4) is 11.5 Å². The monoisotopic (exact) mass is 178 g/mol. The number of furan rings is 1. The Morgan fingerprint density at radius 1 is 1.38 bits per heavy atom. The van der Waals surface area contributed by atoms with Crippen molar-refractivity contribution in [3.63, 3.8) is 0 Å². The molecular weight excluding hydrogens is 168 g/mol. The highest BCUT2D eigenvalue weighted by molar-refractivity contribution is 5.56. The maximum atomic E-state index is 5.49. The van der Waals surface area contributed by atoms with Crippen LogP contribution in [0.1, 0.15) is 11.3 Å². The predicted octanol–water partition coefficient (Wildman–Crippen LogP) is 1.70. The molecule has 2 N–H and O–H groups in total. The van der Waals surface area contributed by atoms with Crippen molar-refractivity contribution in [1.29, 1.82) is 0 Å². The Morgan fingerprint density at radius 2 is 2.23 bits per heavy atom. The molecular formula is C9H10N2O2. The second-order valence-corrected chi connectivity index (χ2v) is 2.77. The minimum atomic E-state index is 0.353. The number of nitrogens with two attached hydrogens (primary N) is 1. The third kappa shape index (κ3) is 1.25. The van der Waals surface area contributed by atoms with E-state index < -0.39 is 0 Å². The van der Waals surface area contributed by atoms with Crippen molar-refractivity contribution in [3.05, 3.63) is 30.0 Å². The molecule has 2 aromatic rings. The molecule has 0 atom stereocenters. The van der Waals surface area contributed by atoms with Crippen molar-refractivity contribution in [2.45, 2.75) is 13.5 Å². The van der Waals surface area contributed by atoms with Crippen LogP contribution in [0, 0.1) is 6.92 Å². The van der Waals surface area contributed by atoms with Crippen LogP contribution in [0.4, 0.5) is 0 Å². The van der Waals surface area contributed by atoms with Gasteiger partial charge in [-0.15, -0.1) is 0 Å². The standard InChI is InChI=1S/C9H10N2O2/c1-6-2-3-12-8(6)9-7(4-10)11-5-13-9/h2-3,5H,4,10H2,1H3. The van der Waals surface area contributed by atoms with Crippen LogP contribution in [0.3, 0.4) is 0 Å². The van der Waals surface area contributed by atoms with Crippen LogP contribution < -0.4 is 5.73 Å². The lowest BCUT2D eigenvalue weighted by Crippen LogP contribution is -1.98. The van der Waals surface area contributed by atoms with Gasteiger partial charge in [0.05, 0.1) is 6.26 Å². The Morgan fingerprint density at radius 3 is 2.85 bits per heavy atom. The number of hydrogen-bond acceptors (Lipinski definition) is 4. The molecule has 0 saturated carbocycles. The lowest BCUT2D eigenvalue weighted by molar-refractivity contribution is 0.518. The summed E-state index contributed by atoms with van der Waals surface area (Å²) in [6, 6.07) is 1.87. The van der Waals surface area contributed by atoms with Gasteiger partial charge >= 0.3 is 0 Å². The molecule has 0 aliphatic carbocycles. The van der Waals surface area contributed by atoms with Gasteiger partial charge in [0.2, 0.25) is 0 Å². The van der Waals surface area contributed by atoms with E-state index in [1.807, 2.05) is 13.0 Å². The zero-order valence-electron chi connectivity index (χ0n) is 7.28. The first-order valence-electron chi connectivity index (χ1n) is 4.00. The zero-order valence-corrected chi connectivity index (χ0v) is 7.28. The predicted molar refractivity (Wildman–Crippen MR) is 46.8 cm³/mol. The number of hydrogen-bond donors (Lipinski definition) is 1. The van der Waals surface area contributed by atoms with E-state index in [0.29, 0.717) is 18.1 Å². The summed E-state index contributed by atoms with van der Waals surface area (Å²) in [4.78, 5) is 3.98. The first-order chi connectivity index (χ1) is 6.33. The smallest absolute Gasteiger partial charge is 0.194 e. The summed E-state index contributed by atoms with van der Waals surface area (Å²) in [6.07, 6.45) is 2.99. The van der Waals surface area contributed by atoms with Crippen LogP contribution in [0.2, 0.25) is 0 Å². The van der Waals surface area contributed by atoms with Crippen LogP contribution in [0.5, 0.6) is 0 Å². The third-order valence-electron chi connectivity index (χ3n) is 1.90. The van der Waals surface area contributed by atoms with Gasteiger partial charge in [-0.25, -0.2) is 4.98 Å². The Labute approximate surface area is 75.4 Å². The van der Waals surface area contributed by atoms with Gasteiger partial charge in [-0.2, -0.15) is 0 Å². The SMILES string of the molecule is Cc1ccoc1-c1ocnc1CN. The average molecular weight is 178 g/mol. The van der Waals surface area contributed by atoms with Gasteiger partial charge in [0.15, 0.2) is 17.9 Å². The molecule has 2 aromatic heterocycles. The van der Waals surface area contributed by atoms with Gasteiger partial charge in [0.25, 0.3) is 0 Å². The summed E-state index contributed by atoms with van der Waals surface area (Å²) in [5.74, 6) is 1.34. The number of aromatic nitrogens is 1. The van der Waals surface area contributed by atoms with E-state index in [-0.39, 0.29) is 0 Å². The first-order valence-corrected chi connectivity index (χ1v) is 4.00. The van der Waals surface area contributed by atoms with Crippen molar-refractivity contribution in [1.82, 2.24) is 4.98 Å². The Bertz CT molecular complexity index is 403. The van der Waals surface area contributed by atoms with Crippen molar-refractivity contribution in [2.24, 2.45) is 5.73 Å². The number of aryl methyl sites for hydroxylation is 1. The van der Waals surface area contributed by atoms with Gasteiger partial charge in [0.1, 0.15) is 5.69 Å². The minimum absolute atomic E-state index is 0.353. The largest absolute Gasteiger partial charge is 0.461 e. The normalized spacial score (nSPS) is 10.6. The molecule has 0 aromatic carbocycles.